The number of imide groups is 1. The number of nitro groups is 1. The molecule has 0 heterocycles. The van der Waals surface area contributed by atoms with Crippen LogP contribution >= 0.6 is 0 Å². The van der Waals surface area contributed by atoms with Crippen molar-refractivity contribution < 1.29 is 14.5 Å². The molecule has 0 saturated heterocycles. The van der Waals surface area contributed by atoms with Crippen molar-refractivity contribution in [3.63, 3.8) is 0 Å². The van der Waals surface area contributed by atoms with Gasteiger partial charge in [-0.25, -0.2) is 4.79 Å². The summed E-state index contributed by atoms with van der Waals surface area (Å²) < 4.78 is 0. The third-order valence-corrected chi connectivity index (χ3v) is 3.65. The monoisotopic (exact) mass is 345 g/mol. The lowest BCUT2D eigenvalue weighted by atomic mass is 10.1. The maximum atomic E-state index is 12.7. The van der Waals surface area contributed by atoms with E-state index in [4.69, 9.17) is 6.42 Å². The molecule has 0 aromatic heterocycles. The quantitative estimate of drug-likeness (QED) is 0.431. The van der Waals surface area contributed by atoms with Gasteiger partial charge < -0.3 is 4.90 Å². The molecule has 0 N–H and O–H groups in total. The molecule has 0 unspecified atom stereocenters. The van der Waals surface area contributed by atoms with E-state index < -0.39 is 10.8 Å². The lowest BCUT2D eigenvalue weighted by Gasteiger charge is -2.28. The number of terminal acetylenes is 1. The summed E-state index contributed by atoms with van der Waals surface area (Å²) in [6.45, 7) is 6.87. The van der Waals surface area contributed by atoms with E-state index in [2.05, 4.69) is 5.92 Å². The van der Waals surface area contributed by atoms with E-state index in [1.165, 1.54) is 12.1 Å². The number of rotatable bonds is 7. The Kier molecular flexibility index (Phi) is 7.60. The maximum absolute atomic E-state index is 12.7. The Hall–Kier alpha value is -2.88. The minimum atomic E-state index is -0.634. The lowest BCUT2D eigenvalue weighted by molar-refractivity contribution is -0.385. The van der Waals surface area contributed by atoms with Gasteiger partial charge in [-0.2, -0.15) is 0 Å². The zero-order valence-electron chi connectivity index (χ0n) is 14.8. The van der Waals surface area contributed by atoms with Crippen LogP contribution < -0.4 is 0 Å². The Morgan fingerprint density at radius 2 is 1.80 bits per heavy atom. The predicted octanol–water partition coefficient (Wildman–Crippen LogP) is 3.28. The van der Waals surface area contributed by atoms with Gasteiger partial charge in [0.2, 0.25) is 0 Å². The summed E-state index contributed by atoms with van der Waals surface area (Å²) in [7, 11) is 0. The number of nitrogens with zero attached hydrogens (tertiary/aromatic N) is 3. The fraction of sp³-hybridized carbons (Fsp3) is 0.444. The highest BCUT2D eigenvalue weighted by Gasteiger charge is 2.27. The van der Waals surface area contributed by atoms with Gasteiger partial charge in [0.15, 0.2) is 0 Å². The summed E-state index contributed by atoms with van der Waals surface area (Å²) in [4.78, 5) is 38.6. The van der Waals surface area contributed by atoms with Crippen molar-refractivity contribution in [1.82, 2.24) is 9.80 Å². The van der Waals surface area contributed by atoms with E-state index in [1.807, 2.05) is 13.8 Å². The van der Waals surface area contributed by atoms with Gasteiger partial charge in [0, 0.05) is 31.3 Å². The van der Waals surface area contributed by atoms with Gasteiger partial charge in [0.1, 0.15) is 5.56 Å². The van der Waals surface area contributed by atoms with E-state index in [0.29, 0.717) is 13.1 Å². The van der Waals surface area contributed by atoms with Gasteiger partial charge >= 0.3 is 6.03 Å². The van der Waals surface area contributed by atoms with E-state index in [9.17, 15) is 19.7 Å². The minimum Gasteiger partial charge on any atom is -0.324 e. The molecule has 1 rings (SSSR count). The molecule has 134 valence electrons. The number of nitro benzene ring substituents is 1. The van der Waals surface area contributed by atoms with Crippen LogP contribution in [0.4, 0.5) is 10.5 Å². The number of urea groups is 1. The summed E-state index contributed by atoms with van der Waals surface area (Å²) >= 11 is 0. The SMILES string of the molecule is C#Cc1ccc(C(=O)N(CC)C(=O)N(CCC)CCC)cc1[N+](=O)[O-]. The molecule has 0 fully saturated rings. The van der Waals surface area contributed by atoms with Crippen LogP contribution in [0.15, 0.2) is 18.2 Å². The average molecular weight is 345 g/mol. The Bertz CT molecular complexity index is 688. The highest BCUT2D eigenvalue weighted by Crippen LogP contribution is 2.21. The van der Waals surface area contributed by atoms with Crippen LogP contribution in [0, 0.1) is 22.5 Å². The summed E-state index contributed by atoms with van der Waals surface area (Å²) in [5.74, 6) is 1.65. The molecule has 1 aromatic carbocycles. The molecule has 0 aliphatic heterocycles. The molecule has 3 amide bonds. The molecule has 0 atom stereocenters. The molecule has 0 spiro atoms. The molecule has 0 aliphatic carbocycles. The van der Waals surface area contributed by atoms with Gasteiger partial charge in [0.25, 0.3) is 11.6 Å². The average Bonchev–Trinajstić information content (AvgIpc) is 2.61. The molecular formula is C18H23N3O4. The van der Waals surface area contributed by atoms with Gasteiger partial charge in [-0.1, -0.05) is 19.8 Å². The summed E-state index contributed by atoms with van der Waals surface area (Å²) in [5.41, 5.74) is -0.167. The molecule has 7 nitrogen and oxygen atoms in total. The van der Waals surface area contributed by atoms with Crippen molar-refractivity contribution in [3.8, 4) is 12.3 Å². The van der Waals surface area contributed by atoms with E-state index in [0.717, 1.165) is 23.8 Å². The Morgan fingerprint density at radius 1 is 1.20 bits per heavy atom. The highest BCUT2D eigenvalue weighted by atomic mass is 16.6. The first-order valence-corrected chi connectivity index (χ1v) is 8.26. The number of hydrogen-bond donors (Lipinski definition) is 0. The van der Waals surface area contributed by atoms with Crippen molar-refractivity contribution in [1.29, 1.82) is 0 Å². The van der Waals surface area contributed by atoms with Crippen LogP contribution in [0.2, 0.25) is 0 Å². The Labute approximate surface area is 147 Å². The standard InChI is InChI=1S/C18H23N3O4/c1-5-11-19(12-6-2)18(23)20(8-4)17(22)15-10-9-14(7-3)16(13-15)21(24)25/h3,9-10,13H,5-6,8,11-12H2,1-2,4H3. The number of carbonyl (C=O) groups excluding carboxylic acids is 2. The second-order valence-electron chi connectivity index (χ2n) is 5.45. The molecule has 0 saturated carbocycles. The Morgan fingerprint density at radius 3 is 2.24 bits per heavy atom. The molecule has 0 bridgehead atoms. The molecular weight excluding hydrogens is 322 g/mol. The first-order chi connectivity index (χ1) is 11.9. The fourth-order valence-corrected chi connectivity index (χ4v) is 2.47. The van der Waals surface area contributed by atoms with Crippen molar-refractivity contribution in [3.05, 3.63) is 39.4 Å². The fourth-order valence-electron chi connectivity index (χ4n) is 2.47. The largest absolute Gasteiger partial charge is 0.326 e. The van der Waals surface area contributed by atoms with Crippen molar-refractivity contribution in [2.75, 3.05) is 19.6 Å². The first kappa shape index (κ1) is 20.2. The molecule has 0 radical (unpaired) electrons. The van der Waals surface area contributed by atoms with Gasteiger partial charge in [-0.15, -0.1) is 6.42 Å². The molecule has 25 heavy (non-hydrogen) atoms. The van der Waals surface area contributed by atoms with E-state index in [1.54, 1.807) is 11.8 Å². The van der Waals surface area contributed by atoms with Crippen molar-refractivity contribution in [2.45, 2.75) is 33.6 Å². The first-order valence-electron chi connectivity index (χ1n) is 8.26. The molecule has 7 heteroatoms. The minimum absolute atomic E-state index is 0.0637. The summed E-state index contributed by atoms with van der Waals surface area (Å²) in [6, 6.07) is 3.49. The van der Waals surface area contributed by atoms with Crippen molar-refractivity contribution in [2.24, 2.45) is 0 Å². The maximum Gasteiger partial charge on any atom is 0.326 e. The van der Waals surface area contributed by atoms with Gasteiger partial charge in [0.05, 0.1) is 4.92 Å². The van der Waals surface area contributed by atoms with Gasteiger partial charge in [-0.05, 0) is 31.9 Å². The lowest BCUT2D eigenvalue weighted by Crippen LogP contribution is -2.46. The zero-order valence-corrected chi connectivity index (χ0v) is 14.8. The third-order valence-electron chi connectivity index (χ3n) is 3.65. The predicted molar refractivity (Wildman–Crippen MR) is 95.3 cm³/mol. The normalized spacial score (nSPS) is 10.0. The third kappa shape index (κ3) is 4.80. The second kappa shape index (κ2) is 9.42. The van der Waals surface area contributed by atoms with Crippen LogP contribution in [0.1, 0.15) is 49.5 Å². The second-order valence-corrected chi connectivity index (χ2v) is 5.45. The van der Waals surface area contributed by atoms with Crippen LogP contribution in [-0.2, 0) is 0 Å². The van der Waals surface area contributed by atoms with Crippen LogP contribution in [0.5, 0.6) is 0 Å². The van der Waals surface area contributed by atoms with Crippen LogP contribution in [-0.4, -0.2) is 46.3 Å². The summed E-state index contributed by atoms with van der Waals surface area (Å²) in [5, 5.41) is 11.1. The smallest absolute Gasteiger partial charge is 0.324 e. The van der Waals surface area contributed by atoms with Crippen LogP contribution in [0.3, 0.4) is 0 Å². The summed E-state index contributed by atoms with van der Waals surface area (Å²) in [6.07, 6.45) is 6.80. The van der Waals surface area contributed by atoms with Crippen molar-refractivity contribution >= 4 is 17.6 Å². The van der Waals surface area contributed by atoms with E-state index in [-0.39, 0.29) is 29.4 Å². The van der Waals surface area contributed by atoms with Crippen LogP contribution in [0.25, 0.3) is 0 Å². The Balaban J connectivity index is 3.18. The molecule has 0 aliphatic rings. The highest BCUT2D eigenvalue weighted by molar-refractivity contribution is 6.04. The zero-order chi connectivity index (χ0) is 19.0. The number of benzene rings is 1. The topological polar surface area (TPSA) is 83.8 Å². The van der Waals surface area contributed by atoms with E-state index >= 15 is 0 Å². The number of hydrogen-bond acceptors (Lipinski definition) is 4. The number of amides is 3. The number of carbonyl (C=O) groups is 2. The van der Waals surface area contributed by atoms with Gasteiger partial charge in [-0.3, -0.25) is 19.8 Å². The molecule has 1 aromatic rings.